The quantitative estimate of drug-likeness (QED) is 0.510. The molecule has 1 aliphatic carbocycles. The predicted molar refractivity (Wildman–Crippen MR) is 122 cm³/mol. The zero-order valence-electron chi connectivity index (χ0n) is 17.1. The number of hydrogen-bond acceptors (Lipinski definition) is 2. The Bertz CT molecular complexity index is 987. The Morgan fingerprint density at radius 3 is 2.42 bits per heavy atom. The van der Waals surface area contributed by atoms with Crippen LogP contribution in [0.2, 0.25) is 10.0 Å². The highest BCUT2D eigenvalue weighted by Crippen LogP contribution is 2.50. The molecule has 162 valence electrons. The first-order valence-corrected chi connectivity index (χ1v) is 11.3. The van der Waals surface area contributed by atoms with Crippen LogP contribution in [-0.2, 0) is 9.59 Å². The van der Waals surface area contributed by atoms with E-state index >= 15 is 0 Å². The van der Waals surface area contributed by atoms with E-state index in [1.54, 1.807) is 23.1 Å². The third-order valence-corrected chi connectivity index (χ3v) is 6.87. The molecule has 0 radical (unpaired) electrons. The maximum atomic E-state index is 13.7. The summed E-state index contributed by atoms with van der Waals surface area (Å²) in [4.78, 5) is 27.7. The van der Waals surface area contributed by atoms with Gasteiger partial charge in [-0.1, -0.05) is 53.5 Å². The summed E-state index contributed by atoms with van der Waals surface area (Å²) in [7, 11) is 0. The molecule has 2 aromatic carbocycles. The molecule has 2 aromatic rings. The van der Waals surface area contributed by atoms with E-state index in [0.29, 0.717) is 22.9 Å². The van der Waals surface area contributed by atoms with Crippen molar-refractivity contribution in [1.82, 2.24) is 4.90 Å². The second kappa shape index (κ2) is 9.05. The zero-order valence-corrected chi connectivity index (χ0v) is 18.6. The molecule has 4 rings (SSSR count). The highest BCUT2D eigenvalue weighted by Gasteiger charge is 2.51. The number of piperidine rings is 1. The fourth-order valence-electron chi connectivity index (χ4n) is 4.85. The lowest BCUT2D eigenvalue weighted by Crippen LogP contribution is -2.55. The molecule has 1 saturated heterocycles. The fourth-order valence-corrected chi connectivity index (χ4v) is 5.18. The van der Waals surface area contributed by atoms with Gasteiger partial charge >= 0.3 is 5.97 Å². The number of amides is 1. The monoisotopic (exact) mass is 457 g/mol. The number of carbonyl (C=O) groups is 2. The first-order valence-electron chi connectivity index (χ1n) is 10.6. The summed E-state index contributed by atoms with van der Waals surface area (Å²) in [5, 5.41) is 11.3. The van der Waals surface area contributed by atoms with Crippen LogP contribution in [0.1, 0.15) is 48.8 Å². The third-order valence-electron chi connectivity index (χ3n) is 6.38. The molecule has 1 aliphatic heterocycles. The number of likely N-dealkylation sites (tertiary alicyclic amines) is 1. The van der Waals surface area contributed by atoms with Crippen molar-refractivity contribution in [3.63, 3.8) is 0 Å². The van der Waals surface area contributed by atoms with Gasteiger partial charge in [0, 0.05) is 21.9 Å². The summed E-state index contributed by atoms with van der Waals surface area (Å²) in [5.74, 6) is -1.48. The summed E-state index contributed by atoms with van der Waals surface area (Å²) >= 11 is 12.4. The molecule has 1 heterocycles. The summed E-state index contributed by atoms with van der Waals surface area (Å²) in [6.45, 7) is 3.82. The molecular weight excluding hydrogens is 433 g/mol. The minimum atomic E-state index is -0.945. The van der Waals surface area contributed by atoms with Crippen molar-refractivity contribution in [2.45, 2.75) is 43.7 Å². The third kappa shape index (κ3) is 4.51. The van der Waals surface area contributed by atoms with Crippen LogP contribution in [0.15, 0.2) is 61.2 Å². The Morgan fingerprint density at radius 2 is 1.84 bits per heavy atom. The number of allylic oxidation sites excluding steroid dienone is 1. The SMILES string of the molecule is C=CC[C@H]1C[C@H](c2cccc(Cl)c2)[C@@H](c2ccc(Cl)cc2)N([C@H](C(=O)O)C2CC2)C1=O. The lowest BCUT2D eigenvalue weighted by atomic mass is 9.74. The number of carbonyl (C=O) groups excluding carboxylic acids is 1. The average Bonchev–Trinajstić information content (AvgIpc) is 3.56. The van der Waals surface area contributed by atoms with Gasteiger partial charge in [0.2, 0.25) is 5.91 Å². The van der Waals surface area contributed by atoms with E-state index in [1.165, 1.54) is 0 Å². The van der Waals surface area contributed by atoms with Crippen molar-refractivity contribution in [3.8, 4) is 0 Å². The molecule has 1 amide bonds. The molecule has 0 bridgehead atoms. The molecule has 2 fully saturated rings. The number of halogens is 2. The number of aliphatic carboxylic acids is 1. The van der Waals surface area contributed by atoms with Crippen molar-refractivity contribution in [1.29, 1.82) is 0 Å². The van der Waals surface area contributed by atoms with E-state index in [4.69, 9.17) is 23.2 Å². The number of benzene rings is 2. The summed E-state index contributed by atoms with van der Waals surface area (Å²) in [6, 6.07) is 13.7. The van der Waals surface area contributed by atoms with Crippen LogP contribution in [0.5, 0.6) is 0 Å². The van der Waals surface area contributed by atoms with Gasteiger partial charge in [0.05, 0.1) is 6.04 Å². The molecule has 31 heavy (non-hydrogen) atoms. The van der Waals surface area contributed by atoms with Crippen LogP contribution in [0.3, 0.4) is 0 Å². The molecule has 1 saturated carbocycles. The van der Waals surface area contributed by atoms with Gasteiger partial charge in [0.25, 0.3) is 0 Å². The maximum Gasteiger partial charge on any atom is 0.326 e. The average molecular weight is 458 g/mol. The highest BCUT2D eigenvalue weighted by atomic mass is 35.5. The lowest BCUT2D eigenvalue weighted by Gasteiger charge is -2.47. The molecule has 6 heteroatoms. The number of nitrogens with zero attached hydrogens (tertiary/aromatic N) is 1. The summed E-state index contributed by atoms with van der Waals surface area (Å²) in [6.07, 6.45) is 4.50. The molecule has 1 N–H and O–H groups in total. The van der Waals surface area contributed by atoms with Gasteiger partial charge in [-0.15, -0.1) is 6.58 Å². The predicted octanol–water partition coefficient (Wildman–Crippen LogP) is 6.11. The van der Waals surface area contributed by atoms with Gasteiger partial charge in [0.1, 0.15) is 6.04 Å². The highest BCUT2D eigenvalue weighted by molar-refractivity contribution is 6.30. The van der Waals surface area contributed by atoms with Crippen LogP contribution in [-0.4, -0.2) is 27.9 Å². The van der Waals surface area contributed by atoms with Crippen LogP contribution in [0, 0.1) is 11.8 Å². The van der Waals surface area contributed by atoms with Crippen molar-refractivity contribution in [2.75, 3.05) is 0 Å². The lowest BCUT2D eigenvalue weighted by molar-refractivity contribution is -0.160. The Morgan fingerprint density at radius 1 is 1.13 bits per heavy atom. The zero-order chi connectivity index (χ0) is 22.1. The number of hydrogen-bond donors (Lipinski definition) is 1. The van der Waals surface area contributed by atoms with Crippen LogP contribution in [0.25, 0.3) is 0 Å². The van der Waals surface area contributed by atoms with Crippen molar-refractivity contribution < 1.29 is 14.7 Å². The van der Waals surface area contributed by atoms with Gasteiger partial charge < -0.3 is 10.0 Å². The van der Waals surface area contributed by atoms with E-state index in [9.17, 15) is 14.7 Å². The molecule has 2 aliphatic rings. The Balaban J connectivity index is 1.88. The van der Waals surface area contributed by atoms with Gasteiger partial charge in [-0.3, -0.25) is 4.79 Å². The normalized spacial score (nSPS) is 24.6. The van der Waals surface area contributed by atoms with E-state index < -0.39 is 18.1 Å². The summed E-state index contributed by atoms with van der Waals surface area (Å²) in [5.41, 5.74) is 1.88. The molecule has 0 spiro atoms. The smallest absolute Gasteiger partial charge is 0.326 e. The van der Waals surface area contributed by atoms with Gasteiger partial charge in [-0.2, -0.15) is 0 Å². The minimum Gasteiger partial charge on any atom is -0.480 e. The first-order chi connectivity index (χ1) is 14.9. The van der Waals surface area contributed by atoms with Crippen LogP contribution < -0.4 is 0 Å². The standard InChI is InChI=1S/C25H25Cl2NO3/c1-2-4-18-14-21(17-5-3-6-20(27)13-17)22(15-9-11-19(26)12-10-15)28(24(18)29)23(25(30)31)16-7-8-16/h2-3,5-6,9-13,16,18,21-23H,1,4,7-8,14H2,(H,30,31)/t18-,21+,22+,23-/m0/s1. The molecule has 4 nitrogen and oxygen atoms in total. The van der Waals surface area contributed by atoms with Gasteiger partial charge in [-0.25, -0.2) is 4.79 Å². The van der Waals surface area contributed by atoms with Crippen LogP contribution >= 0.6 is 23.2 Å². The minimum absolute atomic E-state index is 0.0151. The van der Waals surface area contributed by atoms with E-state index in [1.807, 2.05) is 36.4 Å². The van der Waals surface area contributed by atoms with Crippen molar-refractivity contribution >= 4 is 35.1 Å². The van der Waals surface area contributed by atoms with E-state index in [-0.39, 0.29) is 23.7 Å². The van der Waals surface area contributed by atoms with Gasteiger partial charge in [-0.05, 0) is 67.0 Å². The number of carboxylic acids is 1. The van der Waals surface area contributed by atoms with E-state index in [2.05, 4.69) is 6.58 Å². The fraction of sp³-hybridized carbons (Fsp3) is 0.360. The van der Waals surface area contributed by atoms with E-state index in [0.717, 1.165) is 24.0 Å². The van der Waals surface area contributed by atoms with Crippen molar-refractivity contribution in [2.24, 2.45) is 11.8 Å². The molecular formula is C25H25Cl2NO3. The topological polar surface area (TPSA) is 57.6 Å². The number of rotatable bonds is 7. The summed E-state index contributed by atoms with van der Waals surface area (Å²) < 4.78 is 0. The number of carboxylic acid groups (broad SMARTS) is 1. The first kappa shape index (κ1) is 21.9. The second-order valence-corrected chi connectivity index (χ2v) is 9.35. The second-order valence-electron chi connectivity index (χ2n) is 8.48. The Hall–Kier alpha value is -2.30. The maximum absolute atomic E-state index is 13.7. The Kier molecular flexibility index (Phi) is 6.40. The largest absolute Gasteiger partial charge is 0.480 e. The molecule has 0 aromatic heterocycles. The Labute approximate surface area is 192 Å². The molecule has 0 unspecified atom stereocenters. The van der Waals surface area contributed by atoms with Gasteiger partial charge in [0.15, 0.2) is 0 Å². The molecule has 4 atom stereocenters. The van der Waals surface area contributed by atoms with Crippen molar-refractivity contribution in [3.05, 3.63) is 82.4 Å². The van der Waals surface area contributed by atoms with Crippen LogP contribution in [0.4, 0.5) is 0 Å².